The second-order valence-corrected chi connectivity index (χ2v) is 5.71. The lowest BCUT2D eigenvalue weighted by Gasteiger charge is -2.10. The third kappa shape index (κ3) is 4.07. The number of anilines is 4. The molecule has 7 heteroatoms. The van der Waals surface area contributed by atoms with E-state index in [0.29, 0.717) is 27.5 Å². The van der Waals surface area contributed by atoms with Crippen LogP contribution in [-0.4, -0.2) is 17.1 Å². The van der Waals surface area contributed by atoms with Gasteiger partial charge in [-0.2, -0.15) is 4.98 Å². The molecule has 0 spiro atoms. The van der Waals surface area contributed by atoms with E-state index in [1.165, 1.54) is 0 Å². The van der Waals surface area contributed by atoms with Crippen LogP contribution in [0.5, 0.6) is 5.75 Å². The zero-order valence-electron chi connectivity index (χ0n) is 12.8. The highest BCUT2D eigenvalue weighted by Crippen LogP contribution is 2.27. The molecule has 0 fully saturated rings. The number of rotatable bonds is 5. The van der Waals surface area contributed by atoms with Crippen molar-refractivity contribution in [2.45, 2.75) is 0 Å². The van der Waals surface area contributed by atoms with Crippen LogP contribution in [0.15, 0.2) is 54.7 Å². The molecule has 0 amide bonds. The van der Waals surface area contributed by atoms with Crippen molar-refractivity contribution in [2.24, 2.45) is 0 Å². The van der Waals surface area contributed by atoms with Gasteiger partial charge in [0.05, 0.1) is 17.8 Å². The average molecular weight is 361 g/mol. The summed E-state index contributed by atoms with van der Waals surface area (Å²) in [4.78, 5) is 8.61. The summed E-state index contributed by atoms with van der Waals surface area (Å²) < 4.78 is 5.14. The van der Waals surface area contributed by atoms with Gasteiger partial charge in [-0.25, -0.2) is 4.98 Å². The van der Waals surface area contributed by atoms with Crippen molar-refractivity contribution in [2.75, 3.05) is 17.7 Å². The molecule has 3 rings (SSSR count). The second kappa shape index (κ2) is 7.38. The molecule has 0 aliphatic heterocycles. The lowest BCUT2D eigenvalue weighted by Crippen LogP contribution is -2.00. The lowest BCUT2D eigenvalue weighted by molar-refractivity contribution is 0.415. The van der Waals surface area contributed by atoms with Gasteiger partial charge in [0.25, 0.3) is 0 Å². The van der Waals surface area contributed by atoms with Crippen molar-refractivity contribution in [3.8, 4) is 5.75 Å². The van der Waals surface area contributed by atoms with Gasteiger partial charge in [-0.15, -0.1) is 0 Å². The number of aromatic nitrogens is 2. The topological polar surface area (TPSA) is 59.1 Å². The fourth-order valence-corrected chi connectivity index (χ4v) is 2.48. The molecule has 0 saturated carbocycles. The minimum Gasteiger partial charge on any atom is -0.497 e. The Kier molecular flexibility index (Phi) is 5.03. The lowest BCUT2D eigenvalue weighted by atomic mass is 10.3. The standard InChI is InChI=1S/C17H14Cl2N4O/c1-24-13-5-3-12(4-6-13)21-16-8-9-20-17(23-16)22-15-7-2-11(18)10-14(15)19/h2-10H,1H3,(H2,20,21,22,23). The quantitative estimate of drug-likeness (QED) is 0.648. The minimum absolute atomic E-state index is 0.428. The Balaban J connectivity index is 1.75. The number of nitrogens with one attached hydrogen (secondary N) is 2. The molecule has 0 saturated heterocycles. The van der Waals surface area contributed by atoms with Crippen LogP contribution in [0.3, 0.4) is 0 Å². The van der Waals surface area contributed by atoms with E-state index in [9.17, 15) is 0 Å². The highest BCUT2D eigenvalue weighted by molar-refractivity contribution is 6.36. The normalized spacial score (nSPS) is 10.3. The molecule has 0 unspecified atom stereocenters. The van der Waals surface area contributed by atoms with Crippen molar-refractivity contribution in [3.63, 3.8) is 0 Å². The van der Waals surface area contributed by atoms with Gasteiger partial charge in [0.15, 0.2) is 0 Å². The summed E-state index contributed by atoms with van der Waals surface area (Å²) in [7, 11) is 1.63. The molecule has 3 aromatic rings. The zero-order chi connectivity index (χ0) is 16.9. The average Bonchev–Trinajstić information content (AvgIpc) is 2.58. The van der Waals surface area contributed by atoms with Gasteiger partial charge in [-0.1, -0.05) is 23.2 Å². The number of hydrogen-bond donors (Lipinski definition) is 2. The summed E-state index contributed by atoms with van der Waals surface area (Å²) in [5, 5.41) is 7.35. The summed E-state index contributed by atoms with van der Waals surface area (Å²) in [6.07, 6.45) is 1.66. The minimum atomic E-state index is 0.428. The van der Waals surface area contributed by atoms with Crippen molar-refractivity contribution >= 4 is 46.3 Å². The molecule has 0 aliphatic carbocycles. The number of hydrogen-bond acceptors (Lipinski definition) is 5. The maximum atomic E-state index is 6.15. The van der Waals surface area contributed by atoms with Gasteiger partial charge < -0.3 is 15.4 Å². The smallest absolute Gasteiger partial charge is 0.229 e. The van der Waals surface area contributed by atoms with E-state index in [0.717, 1.165) is 11.4 Å². The highest BCUT2D eigenvalue weighted by Gasteiger charge is 2.05. The molecule has 122 valence electrons. The predicted octanol–water partition coefficient (Wildman–Crippen LogP) is 5.28. The van der Waals surface area contributed by atoms with Crippen molar-refractivity contribution in [1.29, 1.82) is 0 Å². The van der Waals surface area contributed by atoms with E-state index in [1.807, 2.05) is 24.3 Å². The molecular weight excluding hydrogens is 347 g/mol. The van der Waals surface area contributed by atoms with Gasteiger partial charge in [-0.05, 0) is 48.5 Å². The molecule has 2 N–H and O–H groups in total. The van der Waals surface area contributed by atoms with Gasteiger partial charge in [-0.3, -0.25) is 0 Å². The van der Waals surface area contributed by atoms with Gasteiger partial charge in [0.2, 0.25) is 5.95 Å². The third-order valence-electron chi connectivity index (χ3n) is 3.20. The Morgan fingerprint density at radius 1 is 0.958 bits per heavy atom. The fraction of sp³-hybridized carbons (Fsp3) is 0.0588. The van der Waals surface area contributed by atoms with Crippen LogP contribution in [0, 0.1) is 0 Å². The summed E-state index contributed by atoms with van der Waals surface area (Å²) in [5.74, 6) is 1.88. The maximum Gasteiger partial charge on any atom is 0.229 e. The molecule has 0 radical (unpaired) electrons. The SMILES string of the molecule is COc1ccc(Nc2ccnc(Nc3ccc(Cl)cc3Cl)n2)cc1. The summed E-state index contributed by atoms with van der Waals surface area (Å²) in [5.41, 5.74) is 1.58. The monoisotopic (exact) mass is 360 g/mol. The third-order valence-corrected chi connectivity index (χ3v) is 3.74. The van der Waals surface area contributed by atoms with Crippen LogP contribution in [0.25, 0.3) is 0 Å². The molecule has 1 aromatic heterocycles. The van der Waals surface area contributed by atoms with E-state index in [1.54, 1.807) is 37.6 Å². The zero-order valence-corrected chi connectivity index (χ0v) is 14.3. The van der Waals surface area contributed by atoms with Crippen LogP contribution in [0.2, 0.25) is 10.0 Å². The molecule has 1 heterocycles. The number of methoxy groups -OCH3 is 1. The first kappa shape index (κ1) is 16.4. The Morgan fingerprint density at radius 3 is 2.46 bits per heavy atom. The van der Waals surface area contributed by atoms with Crippen molar-refractivity contribution in [3.05, 3.63) is 64.8 Å². The first-order valence-corrected chi connectivity index (χ1v) is 7.86. The predicted molar refractivity (Wildman–Crippen MR) is 98.1 cm³/mol. The largest absolute Gasteiger partial charge is 0.497 e. The molecule has 24 heavy (non-hydrogen) atoms. The second-order valence-electron chi connectivity index (χ2n) is 4.87. The number of nitrogens with zero attached hydrogens (tertiary/aromatic N) is 2. The summed E-state index contributed by atoms with van der Waals surface area (Å²) in [6, 6.07) is 14.5. The summed E-state index contributed by atoms with van der Waals surface area (Å²) in [6.45, 7) is 0. The molecule has 0 atom stereocenters. The first-order chi connectivity index (χ1) is 11.6. The molecule has 5 nitrogen and oxygen atoms in total. The van der Waals surface area contributed by atoms with Gasteiger partial charge >= 0.3 is 0 Å². The number of halogens is 2. The van der Waals surface area contributed by atoms with Crippen LogP contribution in [0.1, 0.15) is 0 Å². The first-order valence-electron chi connectivity index (χ1n) is 7.10. The summed E-state index contributed by atoms with van der Waals surface area (Å²) >= 11 is 12.0. The molecule has 0 aliphatic rings. The van der Waals surface area contributed by atoms with Crippen LogP contribution < -0.4 is 15.4 Å². The van der Waals surface area contributed by atoms with Crippen LogP contribution in [-0.2, 0) is 0 Å². The Labute approximate surface area is 149 Å². The van der Waals surface area contributed by atoms with Crippen molar-refractivity contribution < 1.29 is 4.74 Å². The number of benzene rings is 2. The fourth-order valence-electron chi connectivity index (χ4n) is 2.02. The van der Waals surface area contributed by atoms with Gasteiger partial charge in [0, 0.05) is 16.9 Å². The Bertz CT molecular complexity index is 840. The van der Waals surface area contributed by atoms with Crippen LogP contribution >= 0.6 is 23.2 Å². The molecule has 0 bridgehead atoms. The van der Waals surface area contributed by atoms with E-state index in [4.69, 9.17) is 27.9 Å². The highest BCUT2D eigenvalue weighted by atomic mass is 35.5. The van der Waals surface area contributed by atoms with E-state index >= 15 is 0 Å². The van der Waals surface area contributed by atoms with Gasteiger partial charge in [0.1, 0.15) is 11.6 Å². The number of ether oxygens (including phenoxy) is 1. The Hall–Kier alpha value is -2.50. The van der Waals surface area contributed by atoms with E-state index in [-0.39, 0.29) is 0 Å². The van der Waals surface area contributed by atoms with Crippen LogP contribution in [0.4, 0.5) is 23.1 Å². The Morgan fingerprint density at radius 2 is 1.75 bits per heavy atom. The van der Waals surface area contributed by atoms with Crippen molar-refractivity contribution in [1.82, 2.24) is 9.97 Å². The molecule has 2 aromatic carbocycles. The van der Waals surface area contributed by atoms with E-state index < -0.39 is 0 Å². The maximum absolute atomic E-state index is 6.15. The molecular formula is C17H14Cl2N4O. The van der Waals surface area contributed by atoms with E-state index in [2.05, 4.69) is 20.6 Å².